The second-order valence-corrected chi connectivity index (χ2v) is 20.4. The third-order valence-corrected chi connectivity index (χ3v) is 15.5. The zero-order valence-electron chi connectivity index (χ0n) is 34.7. The van der Waals surface area contributed by atoms with Crippen molar-refractivity contribution < 1.29 is 9.47 Å². The molecule has 0 aromatic heterocycles. The lowest BCUT2D eigenvalue weighted by Gasteiger charge is -2.35. The molecule has 11 unspecified atom stereocenters. The first kappa shape index (κ1) is 40.5. The van der Waals surface area contributed by atoms with Crippen LogP contribution < -0.4 is 0 Å². The van der Waals surface area contributed by atoms with Crippen molar-refractivity contribution in [2.75, 3.05) is 40.5 Å². The lowest BCUT2D eigenvalue weighted by molar-refractivity contribution is -0.0287. The van der Waals surface area contributed by atoms with Gasteiger partial charge in [0.05, 0.1) is 12.7 Å². The van der Waals surface area contributed by atoms with E-state index in [1.54, 1.807) is 70.6 Å². The molecule has 51 heavy (non-hydrogen) atoms. The maximum atomic E-state index is 6.31. The van der Waals surface area contributed by atoms with E-state index in [2.05, 4.69) is 32.8 Å². The van der Waals surface area contributed by atoms with Gasteiger partial charge in [0.1, 0.15) is 0 Å². The van der Waals surface area contributed by atoms with E-state index in [4.69, 9.17) is 9.47 Å². The molecule has 0 aromatic carbocycles. The minimum absolute atomic E-state index is 0.215. The van der Waals surface area contributed by atoms with Crippen molar-refractivity contribution in [2.45, 2.75) is 193 Å². The van der Waals surface area contributed by atoms with Gasteiger partial charge in [-0.3, -0.25) is 0 Å². The number of ether oxygens (including phenoxy) is 2. The fraction of sp³-hybridized carbons (Fsp3) is 1.00. The molecule has 3 nitrogen and oxygen atoms in total. The summed E-state index contributed by atoms with van der Waals surface area (Å²) in [6.07, 6.45) is 40.1. The van der Waals surface area contributed by atoms with E-state index in [1.807, 2.05) is 0 Å². The Balaban J connectivity index is 0.657. The summed E-state index contributed by atoms with van der Waals surface area (Å²) in [5, 5.41) is 0. The average Bonchev–Trinajstić information content (AvgIpc) is 3.84. The zero-order valence-corrected chi connectivity index (χ0v) is 34.7. The molecule has 6 saturated carbocycles. The normalized spacial score (nSPS) is 36.6. The molecule has 0 saturated heterocycles. The summed E-state index contributed by atoms with van der Waals surface area (Å²) < 4.78 is 12.4. The molecule has 11 atom stereocenters. The molecule has 0 heterocycles. The van der Waals surface area contributed by atoms with Gasteiger partial charge in [0.25, 0.3) is 0 Å². The van der Waals surface area contributed by atoms with Gasteiger partial charge in [-0.05, 0) is 169 Å². The summed E-state index contributed by atoms with van der Waals surface area (Å²) in [6, 6.07) is 0. The summed E-state index contributed by atoms with van der Waals surface area (Å²) >= 11 is 0. The Morgan fingerprint density at radius 3 is 1.43 bits per heavy atom. The van der Waals surface area contributed by atoms with Crippen LogP contribution in [0, 0.1) is 71.0 Å². The fourth-order valence-electron chi connectivity index (χ4n) is 11.3. The molecule has 0 N–H and O–H groups in total. The molecule has 0 amide bonds. The lowest BCUT2D eigenvalue weighted by atomic mass is 9.71. The molecular weight excluding hydrogens is 623 g/mol. The molecule has 0 bridgehead atoms. The predicted octanol–water partition coefficient (Wildman–Crippen LogP) is 13.0. The van der Waals surface area contributed by atoms with Crippen LogP contribution in [0.2, 0.25) is 0 Å². The van der Waals surface area contributed by atoms with Crippen LogP contribution in [-0.4, -0.2) is 51.5 Å². The molecule has 0 aliphatic heterocycles. The highest BCUT2D eigenvalue weighted by molar-refractivity contribution is 4.99. The van der Waals surface area contributed by atoms with E-state index in [9.17, 15) is 0 Å². The van der Waals surface area contributed by atoms with Crippen molar-refractivity contribution in [2.24, 2.45) is 71.0 Å². The second kappa shape index (κ2) is 21.3. The van der Waals surface area contributed by atoms with Gasteiger partial charge in [0.15, 0.2) is 0 Å². The van der Waals surface area contributed by atoms with E-state index in [0.29, 0.717) is 0 Å². The number of unbranched alkanes of at least 4 members (excludes halogenated alkanes) is 10. The molecule has 3 heteroatoms. The minimum atomic E-state index is 0.215. The Labute approximate surface area is 318 Å². The quantitative estimate of drug-likeness (QED) is 0.0633. The smallest absolute Gasteiger partial charge is 0.0934 e. The summed E-state index contributed by atoms with van der Waals surface area (Å²) in [6.45, 7) is 8.30. The van der Waals surface area contributed by atoms with Crippen molar-refractivity contribution >= 4 is 0 Å². The van der Waals surface area contributed by atoms with E-state index in [0.717, 1.165) is 97.4 Å². The Morgan fingerprint density at radius 2 is 0.902 bits per heavy atom. The van der Waals surface area contributed by atoms with E-state index in [-0.39, 0.29) is 6.10 Å². The SMILES string of the molecule is CCC1CC(CC2CC2CC2CC2CCCCCCCCOC(COCCCCCCCCC2CC2CC2CC2CC2CC2CC)CN(C)C)C1. The van der Waals surface area contributed by atoms with Crippen molar-refractivity contribution in [3.05, 3.63) is 0 Å². The van der Waals surface area contributed by atoms with Crippen LogP contribution in [0.5, 0.6) is 0 Å². The maximum Gasteiger partial charge on any atom is 0.0934 e. The number of rotatable bonds is 33. The van der Waals surface area contributed by atoms with E-state index in [1.165, 1.54) is 103 Å². The highest BCUT2D eigenvalue weighted by Gasteiger charge is 2.48. The summed E-state index contributed by atoms with van der Waals surface area (Å²) in [5.74, 6) is 13.5. The summed E-state index contributed by atoms with van der Waals surface area (Å²) in [4.78, 5) is 2.25. The molecular formula is C48H87NO2. The van der Waals surface area contributed by atoms with Crippen LogP contribution in [-0.2, 0) is 9.47 Å². The van der Waals surface area contributed by atoms with Crippen LogP contribution in [0.4, 0.5) is 0 Å². The zero-order chi connectivity index (χ0) is 35.4. The first-order chi connectivity index (χ1) is 25.0. The van der Waals surface area contributed by atoms with Gasteiger partial charge in [0.2, 0.25) is 0 Å². The van der Waals surface area contributed by atoms with Crippen molar-refractivity contribution in [3.8, 4) is 0 Å². The highest BCUT2D eigenvalue weighted by Crippen LogP contribution is 2.58. The summed E-state index contributed by atoms with van der Waals surface area (Å²) in [5.41, 5.74) is 0. The van der Waals surface area contributed by atoms with Gasteiger partial charge in [-0.2, -0.15) is 0 Å². The van der Waals surface area contributed by atoms with E-state index < -0.39 is 0 Å². The first-order valence-electron chi connectivity index (χ1n) is 23.8. The number of likely N-dealkylation sites (N-methyl/N-ethyl adjacent to an activating group) is 1. The van der Waals surface area contributed by atoms with Crippen molar-refractivity contribution in [1.29, 1.82) is 0 Å². The third kappa shape index (κ3) is 15.1. The van der Waals surface area contributed by atoms with Gasteiger partial charge in [0, 0.05) is 19.8 Å². The molecule has 296 valence electrons. The Morgan fingerprint density at radius 1 is 0.451 bits per heavy atom. The van der Waals surface area contributed by atoms with Gasteiger partial charge in [-0.15, -0.1) is 0 Å². The molecule has 0 aromatic rings. The topological polar surface area (TPSA) is 21.7 Å². The molecule has 6 fully saturated rings. The monoisotopic (exact) mass is 710 g/mol. The van der Waals surface area contributed by atoms with Crippen LogP contribution in [0.25, 0.3) is 0 Å². The Kier molecular flexibility index (Phi) is 16.9. The standard InChI is InChI=1S/C48H87NO2/c1-5-36-23-37(24-36)25-41-29-45(41)31-43-27-39(43)19-16-12-8-10-14-18-22-51-48(34-49(3)4)35-50-21-17-13-9-7-11-15-20-40-28-44(40)32-47-33-46(47)30-42-26-38(42)6-2/h36-48H,5-35H2,1-4H3. The van der Waals surface area contributed by atoms with Crippen LogP contribution in [0.15, 0.2) is 0 Å². The second-order valence-electron chi connectivity index (χ2n) is 20.4. The first-order valence-corrected chi connectivity index (χ1v) is 23.8. The predicted molar refractivity (Wildman–Crippen MR) is 217 cm³/mol. The fourth-order valence-corrected chi connectivity index (χ4v) is 11.3. The van der Waals surface area contributed by atoms with Gasteiger partial charge >= 0.3 is 0 Å². The lowest BCUT2D eigenvalue weighted by Crippen LogP contribution is -2.32. The Hall–Kier alpha value is -0.120. The van der Waals surface area contributed by atoms with Gasteiger partial charge < -0.3 is 14.4 Å². The number of hydrogen-bond acceptors (Lipinski definition) is 3. The van der Waals surface area contributed by atoms with Crippen molar-refractivity contribution in [3.63, 3.8) is 0 Å². The third-order valence-electron chi connectivity index (χ3n) is 15.5. The van der Waals surface area contributed by atoms with Gasteiger partial charge in [-0.1, -0.05) is 104 Å². The average molecular weight is 710 g/mol. The van der Waals surface area contributed by atoms with Crippen LogP contribution >= 0.6 is 0 Å². The van der Waals surface area contributed by atoms with Crippen LogP contribution in [0.3, 0.4) is 0 Å². The minimum Gasteiger partial charge on any atom is -0.379 e. The molecule has 6 rings (SSSR count). The molecule has 0 radical (unpaired) electrons. The van der Waals surface area contributed by atoms with Gasteiger partial charge in [-0.25, -0.2) is 0 Å². The number of hydrogen-bond donors (Lipinski definition) is 0. The van der Waals surface area contributed by atoms with Crippen LogP contribution in [0.1, 0.15) is 187 Å². The maximum absolute atomic E-state index is 6.31. The highest BCUT2D eigenvalue weighted by atomic mass is 16.5. The largest absolute Gasteiger partial charge is 0.379 e. The Bertz CT molecular complexity index is 946. The molecule has 6 aliphatic carbocycles. The van der Waals surface area contributed by atoms with E-state index >= 15 is 0 Å². The summed E-state index contributed by atoms with van der Waals surface area (Å²) in [7, 11) is 4.31. The van der Waals surface area contributed by atoms with Crippen molar-refractivity contribution in [1.82, 2.24) is 4.90 Å². The number of nitrogens with zero attached hydrogens (tertiary/aromatic N) is 1. The molecule has 6 aliphatic rings. The molecule has 0 spiro atoms.